The molecule has 0 bridgehead atoms. The van der Waals surface area contributed by atoms with Crippen molar-refractivity contribution in [2.24, 2.45) is 4.99 Å². The monoisotopic (exact) mass is 523 g/mol. The number of methoxy groups -OCH3 is 1. The molecule has 1 aliphatic rings. The number of carbonyl (C=O) groups is 1. The molecule has 7 nitrogen and oxygen atoms in total. The molecule has 0 saturated carbocycles. The van der Waals surface area contributed by atoms with Crippen LogP contribution in [0.3, 0.4) is 0 Å². The average molecular weight is 524 g/mol. The molecule has 2 heterocycles. The van der Waals surface area contributed by atoms with E-state index in [1.54, 1.807) is 13.2 Å². The highest BCUT2D eigenvalue weighted by Crippen LogP contribution is 2.25. The number of halogens is 2. The van der Waals surface area contributed by atoms with Crippen LogP contribution in [-0.2, 0) is 9.53 Å². The first-order chi connectivity index (χ1) is 13.1. The van der Waals surface area contributed by atoms with E-state index in [-0.39, 0.29) is 29.9 Å². The molecule has 1 saturated heterocycles. The van der Waals surface area contributed by atoms with Gasteiger partial charge in [0, 0.05) is 45.3 Å². The van der Waals surface area contributed by atoms with E-state index < -0.39 is 0 Å². The number of anilines is 1. The van der Waals surface area contributed by atoms with Crippen molar-refractivity contribution in [1.29, 1.82) is 0 Å². The number of carbonyl (C=O) groups excluding carboxylic acids is 1. The van der Waals surface area contributed by atoms with Gasteiger partial charge in [-0.2, -0.15) is 0 Å². The lowest BCUT2D eigenvalue weighted by molar-refractivity contribution is -0.140. The van der Waals surface area contributed by atoms with Crippen LogP contribution in [0.5, 0.6) is 0 Å². The van der Waals surface area contributed by atoms with Gasteiger partial charge in [0.1, 0.15) is 5.82 Å². The zero-order chi connectivity index (χ0) is 19.5. The van der Waals surface area contributed by atoms with Crippen molar-refractivity contribution in [3.8, 4) is 0 Å². The van der Waals surface area contributed by atoms with Gasteiger partial charge in [-0.05, 0) is 31.4 Å². The van der Waals surface area contributed by atoms with Gasteiger partial charge in [-0.1, -0.05) is 24.4 Å². The van der Waals surface area contributed by atoms with E-state index in [1.807, 2.05) is 12.1 Å². The lowest BCUT2D eigenvalue weighted by atomic mass is 10.1. The van der Waals surface area contributed by atoms with Crippen LogP contribution < -0.4 is 15.5 Å². The number of pyridine rings is 1. The van der Waals surface area contributed by atoms with Crippen molar-refractivity contribution >= 4 is 53.3 Å². The predicted octanol–water partition coefficient (Wildman–Crippen LogP) is 3.22. The highest BCUT2D eigenvalue weighted by molar-refractivity contribution is 14.0. The number of rotatable bonds is 9. The summed E-state index contributed by atoms with van der Waals surface area (Å²) in [5.41, 5.74) is 0. The summed E-state index contributed by atoms with van der Waals surface area (Å²) < 4.78 is 4.64. The van der Waals surface area contributed by atoms with Gasteiger partial charge in [0.25, 0.3) is 0 Å². The molecule has 0 amide bonds. The third-order valence-corrected chi connectivity index (χ3v) is 4.91. The zero-order valence-corrected chi connectivity index (χ0v) is 19.7. The van der Waals surface area contributed by atoms with E-state index in [0.717, 1.165) is 63.5 Å². The second-order valence-corrected chi connectivity index (χ2v) is 7.03. The number of aromatic nitrogens is 1. The number of hydrogen-bond donors (Lipinski definition) is 2. The number of guanidine groups is 1. The van der Waals surface area contributed by atoms with E-state index in [9.17, 15) is 4.79 Å². The Morgan fingerprint density at radius 2 is 2.18 bits per heavy atom. The molecule has 0 radical (unpaired) electrons. The second kappa shape index (κ2) is 13.8. The first-order valence-corrected chi connectivity index (χ1v) is 9.91. The van der Waals surface area contributed by atoms with Gasteiger partial charge in [0.2, 0.25) is 0 Å². The molecule has 1 aromatic rings. The SMILES string of the molecule is CN=C(NCCCCCCC(=O)OC)NC1CCN(c2ncccc2Cl)C1.I. The summed E-state index contributed by atoms with van der Waals surface area (Å²) in [5.74, 6) is 1.54. The van der Waals surface area contributed by atoms with Crippen LogP contribution in [0.2, 0.25) is 5.02 Å². The van der Waals surface area contributed by atoms with E-state index >= 15 is 0 Å². The van der Waals surface area contributed by atoms with Crippen LogP contribution in [0.4, 0.5) is 5.82 Å². The molecule has 0 aromatic carbocycles. The Labute approximate surface area is 189 Å². The molecule has 2 rings (SSSR count). The Bertz CT molecular complexity index is 632. The number of nitrogens with zero attached hydrogens (tertiary/aromatic N) is 3. The maximum Gasteiger partial charge on any atom is 0.305 e. The molecule has 9 heteroatoms. The molecule has 1 aromatic heterocycles. The minimum Gasteiger partial charge on any atom is -0.469 e. The fourth-order valence-electron chi connectivity index (χ4n) is 3.13. The fraction of sp³-hybridized carbons (Fsp3) is 0.632. The van der Waals surface area contributed by atoms with Crippen LogP contribution >= 0.6 is 35.6 Å². The smallest absolute Gasteiger partial charge is 0.305 e. The van der Waals surface area contributed by atoms with Gasteiger partial charge in [-0.15, -0.1) is 24.0 Å². The zero-order valence-electron chi connectivity index (χ0n) is 16.6. The predicted molar refractivity (Wildman–Crippen MR) is 125 cm³/mol. The molecule has 158 valence electrons. The number of esters is 1. The number of ether oxygens (including phenoxy) is 1. The third-order valence-electron chi connectivity index (χ3n) is 4.62. The summed E-state index contributed by atoms with van der Waals surface area (Å²) in [4.78, 5) is 22.0. The molecule has 28 heavy (non-hydrogen) atoms. The summed E-state index contributed by atoms with van der Waals surface area (Å²) >= 11 is 6.24. The first kappa shape index (κ1) is 24.7. The average Bonchev–Trinajstić information content (AvgIpc) is 3.14. The lowest BCUT2D eigenvalue weighted by Crippen LogP contribution is -2.44. The molecule has 1 unspecified atom stereocenters. The minimum atomic E-state index is -0.129. The van der Waals surface area contributed by atoms with E-state index in [0.29, 0.717) is 17.5 Å². The Morgan fingerprint density at radius 3 is 2.89 bits per heavy atom. The standard InChI is InChI=1S/C19H30ClN5O2.HI/c1-21-19(23-11-6-4-3-5-9-17(26)27-2)24-15-10-13-25(14-15)18-16(20)8-7-12-22-18;/h7-8,12,15H,3-6,9-11,13-14H2,1-2H3,(H2,21,23,24);1H. The van der Waals surface area contributed by atoms with Gasteiger partial charge in [-0.25, -0.2) is 4.98 Å². The van der Waals surface area contributed by atoms with Gasteiger partial charge in [0.15, 0.2) is 5.96 Å². The lowest BCUT2D eigenvalue weighted by Gasteiger charge is -2.20. The van der Waals surface area contributed by atoms with Crippen LogP contribution in [0.25, 0.3) is 0 Å². The Morgan fingerprint density at radius 1 is 1.39 bits per heavy atom. The summed E-state index contributed by atoms with van der Waals surface area (Å²) in [5, 5.41) is 7.52. The Balaban J connectivity index is 0.00000392. The highest BCUT2D eigenvalue weighted by atomic mass is 127. The molecular formula is C19H31ClIN5O2. The quantitative estimate of drug-likeness (QED) is 0.170. The van der Waals surface area contributed by atoms with Crippen LogP contribution in [0.1, 0.15) is 38.5 Å². The summed E-state index contributed by atoms with van der Waals surface area (Å²) in [6.07, 6.45) is 7.33. The molecular weight excluding hydrogens is 493 g/mol. The summed E-state index contributed by atoms with van der Waals surface area (Å²) in [7, 11) is 3.22. The fourth-order valence-corrected chi connectivity index (χ4v) is 3.37. The van der Waals surface area contributed by atoms with Crippen molar-refractivity contribution in [1.82, 2.24) is 15.6 Å². The van der Waals surface area contributed by atoms with Crippen LogP contribution in [-0.4, -0.2) is 56.7 Å². The molecule has 0 spiro atoms. The highest BCUT2D eigenvalue weighted by Gasteiger charge is 2.25. The van der Waals surface area contributed by atoms with E-state index in [2.05, 4.69) is 30.2 Å². The number of aliphatic imine (C=N–C) groups is 1. The minimum absolute atomic E-state index is 0. The maximum absolute atomic E-state index is 11.1. The summed E-state index contributed by atoms with van der Waals surface area (Å²) in [6, 6.07) is 4.03. The van der Waals surface area contributed by atoms with E-state index in [1.165, 1.54) is 7.11 Å². The number of unbranched alkanes of at least 4 members (excludes halogenated alkanes) is 3. The van der Waals surface area contributed by atoms with Crippen molar-refractivity contribution in [2.75, 3.05) is 38.7 Å². The van der Waals surface area contributed by atoms with Crippen molar-refractivity contribution in [3.05, 3.63) is 23.4 Å². The molecule has 1 atom stereocenters. The molecule has 1 aliphatic heterocycles. The van der Waals surface area contributed by atoms with Crippen molar-refractivity contribution < 1.29 is 9.53 Å². The normalized spacial score (nSPS) is 16.5. The molecule has 1 fully saturated rings. The van der Waals surface area contributed by atoms with Gasteiger partial charge < -0.3 is 20.3 Å². The Kier molecular flexibility index (Phi) is 12.2. The topological polar surface area (TPSA) is 78.8 Å². The number of nitrogens with one attached hydrogen (secondary N) is 2. The molecule has 2 N–H and O–H groups in total. The first-order valence-electron chi connectivity index (χ1n) is 9.53. The van der Waals surface area contributed by atoms with E-state index in [4.69, 9.17) is 11.6 Å². The van der Waals surface area contributed by atoms with Crippen LogP contribution in [0.15, 0.2) is 23.3 Å². The van der Waals surface area contributed by atoms with Gasteiger partial charge in [-0.3, -0.25) is 9.79 Å². The third kappa shape index (κ3) is 8.38. The number of hydrogen-bond acceptors (Lipinski definition) is 5. The molecule has 0 aliphatic carbocycles. The van der Waals surface area contributed by atoms with Gasteiger partial charge in [0.05, 0.1) is 12.1 Å². The Hall–Kier alpha value is -1.29. The van der Waals surface area contributed by atoms with Gasteiger partial charge >= 0.3 is 5.97 Å². The largest absolute Gasteiger partial charge is 0.469 e. The second-order valence-electron chi connectivity index (χ2n) is 6.62. The maximum atomic E-state index is 11.1. The van der Waals surface area contributed by atoms with Crippen molar-refractivity contribution in [2.45, 2.75) is 44.6 Å². The van der Waals surface area contributed by atoms with Crippen LogP contribution in [0, 0.1) is 0 Å². The van der Waals surface area contributed by atoms with Crippen molar-refractivity contribution in [3.63, 3.8) is 0 Å². The summed E-state index contributed by atoms with van der Waals surface area (Å²) in [6.45, 7) is 2.64.